The fraction of sp³-hybridized carbons (Fsp3) is 0.391. The third kappa shape index (κ3) is 4.18. The van der Waals surface area contributed by atoms with Crippen LogP contribution < -0.4 is 5.32 Å². The molecule has 33 heavy (non-hydrogen) atoms. The predicted molar refractivity (Wildman–Crippen MR) is 107 cm³/mol. The maximum atomic E-state index is 14.1. The number of halogens is 6. The average molecular weight is 470 g/mol. The number of nitrogens with one attached hydrogen (secondary N) is 1. The molecule has 2 aromatic carbocycles. The summed E-state index contributed by atoms with van der Waals surface area (Å²) >= 11 is 0. The normalized spacial score (nSPS) is 22.5. The quantitative estimate of drug-likeness (QED) is 0.575. The van der Waals surface area contributed by atoms with Gasteiger partial charge in [-0.2, -0.15) is 26.3 Å². The largest absolute Gasteiger partial charge is 0.435 e. The van der Waals surface area contributed by atoms with Crippen molar-refractivity contribution in [1.29, 1.82) is 0 Å². The van der Waals surface area contributed by atoms with Crippen molar-refractivity contribution < 1.29 is 36.0 Å². The van der Waals surface area contributed by atoms with Crippen LogP contribution in [0.25, 0.3) is 0 Å². The van der Waals surface area contributed by atoms with E-state index in [1.165, 1.54) is 0 Å². The van der Waals surface area contributed by atoms with E-state index in [2.05, 4.69) is 10.5 Å². The van der Waals surface area contributed by atoms with E-state index in [1.807, 2.05) is 0 Å². The van der Waals surface area contributed by atoms with Crippen molar-refractivity contribution in [2.24, 2.45) is 5.16 Å². The minimum atomic E-state index is -5.01. The molecule has 0 spiro atoms. The summed E-state index contributed by atoms with van der Waals surface area (Å²) in [5.41, 5.74) is -2.71. The van der Waals surface area contributed by atoms with E-state index in [1.54, 1.807) is 25.1 Å². The summed E-state index contributed by atoms with van der Waals surface area (Å²) in [5.74, 6) is -0.0958. The zero-order chi connectivity index (χ0) is 24.0. The van der Waals surface area contributed by atoms with Crippen LogP contribution in [0.15, 0.2) is 47.6 Å². The Labute approximate surface area is 185 Å². The van der Waals surface area contributed by atoms with E-state index >= 15 is 0 Å². The minimum Gasteiger partial charge on any atom is -0.374 e. The maximum absolute atomic E-state index is 14.1. The lowest BCUT2D eigenvalue weighted by Crippen LogP contribution is -2.42. The van der Waals surface area contributed by atoms with E-state index in [0.717, 1.165) is 23.3 Å². The van der Waals surface area contributed by atoms with Crippen LogP contribution >= 0.6 is 0 Å². The van der Waals surface area contributed by atoms with Gasteiger partial charge in [0.15, 0.2) is 0 Å². The average Bonchev–Trinajstić information content (AvgIpc) is 3.38. The summed E-state index contributed by atoms with van der Waals surface area (Å²) in [5, 5.41) is 6.56. The third-order valence-electron chi connectivity index (χ3n) is 6.05. The number of fused-ring (bicyclic) bond motifs is 1. The first-order valence-electron chi connectivity index (χ1n) is 10.4. The fourth-order valence-electron chi connectivity index (χ4n) is 4.25. The van der Waals surface area contributed by atoms with Crippen molar-refractivity contribution in [2.75, 3.05) is 0 Å². The molecule has 0 aromatic heterocycles. The molecule has 1 N–H and O–H groups in total. The summed E-state index contributed by atoms with van der Waals surface area (Å²) < 4.78 is 81.7. The second kappa shape index (κ2) is 8.07. The van der Waals surface area contributed by atoms with Crippen molar-refractivity contribution in [2.45, 2.75) is 56.6 Å². The van der Waals surface area contributed by atoms with E-state index in [9.17, 15) is 31.1 Å². The van der Waals surface area contributed by atoms with E-state index in [-0.39, 0.29) is 17.7 Å². The standard InChI is InChI=1S/C23H20F6N2O2/c1-2-20(32)30-18-9-7-13-10-14(6-8-17(13)18)19-12-21(33-31-19,23(27,28)29)15-4-3-5-16(11-15)22(24,25)26/h3-6,8,10-11,18H,2,7,9,12H2,1H3,(H,30,32)/t18-,21-/m0/s1. The molecule has 1 heterocycles. The van der Waals surface area contributed by atoms with Gasteiger partial charge in [-0.25, -0.2) is 0 Å². The smallest absolute Gasteiger partial charge is 0.374 e. The Morgan fingerprint density at radius 3 is 2.58 bits per heavy atom. The molecular weight excluding hydrogens is 450 g/mol. The molecule has 176 valence electrons. The number of nitrogens with zero attached hydrogens (tertiary/aromatic N) is 1. The highest BCUT2D eigenvalue weighted by Crippen LogP contribution is 2.49. The molecule has 0 saturated carbocycles. The topological polar surface area (TPSA) is 50.7 Å². The minimum absolute atomic E-state index is 0.00594. The van der Waals surface area contributed by atoms with Crippen LogP contribution in [0.4, 0.5) is 26.3 Å². The van der Waals surface area contributed by atoms with Gasteiger partial charge < -0.3 is 10.2 Å². The SMILES string of the molecule is CCC(=O)N[C@H]1CCc2cc(C3=NO[C@@](c4cccc(C(F)(F)F)c4)(C(F)(F)F)C3)ccc21. The van der Waals surface area contributed by atoms with Crippen LogP contribution in [0.3, 0.4) is 0 Å². The molecule has 0 saturated heterocycles. The number of alkyl halides is 6. The number of aryl methyl sites for hydroxylation is 1. The number of carbonyl (C=O) groups excluding carboxylic acids is 1. The van der Waals surface area contributed by atoms with Crippen LogP contribution in [0.1, 0.15) is 60.0 Å². The van der Waals surface area contributed by atoms with Gasteiger partial charge in [0.2, 0.25) is 5.91 Å². The Hall–Kier alpha value is -3.04. The van der Waals surface area contributed by atoms with Crippen molar-refractivity contribution in [1.82, 2.24) is 5.32 Å². The van der Waals surface area contributed by atoms with Gasteiger partial charge in [-0.15, -0.1) is 0 Å². The Morgan fingerprint density at radius 1 is 1.15 bits per heavy atom. The Kier molecular flexibility index (Phi) is 5.66. The summed E-state index contributed by atoms with van der Waals surface area (Å²) in [6, 6.07) is 7.91. The van der Waals surface area contributed by atoms with Gasteiger partial charge in [-0.05, 0) is 47.7 Å². The van der Waals surface area contributed by atoms with Gasteiger partial charge in [-0.3, -0.25) is 4.79 Å². The van der Waals surface area contributed by atoms with Crippen LogP contribution in [0, 0.1) is 0 Å². The maximum Gasteiger partial charge on any atom is 0.435 e. The van der Waals surface area contributed by atoms with Crippen molar-refractivity contribution >= 4 is 11.6 Å². The third-order valence-corrected chi connectivity index (χ3v) is 6.05. The highest BCUT2D eigenvalue weighted by molar-refractivity contribution is 6.02. The van der Waals surface area contributed by atoms with Gasteiger partial charge in [0.1, 0.15) is 0 Å². The zero-order valence-electron chi connectivity index (χ0n) is 17.5. The van der Waals surface area contributed by atoms with Crippen LogP contribution in [0.2, 0.25) is 0 Å². The molecule has 1 aliphatic heterocycles. The number of benzene rings is 2. The summed E-state index contributed by atoms with van der Waals surface area (Å²) in [6.07, 6.45) is -8.92. The molecular formula is C23H20F6N2O2. The molecule has 0 unspecified atom stereocenters. The fourth-order valence-corrected chi connectivity index (χ4v) is 4.25. The van der Waals surface area contributed by atoms with Crippen molar-refractivity contribution in [3.05, 3.63) is 70.3 Å². The number of rotatable bonds is 4. The number of amides is 1. The number of hydrogen-bond acceptors (Lipinski definition) is 3. The Bertz CT molecular complexity index is 1110. The lowest BCUT2D eigenvalue weighted by Gasteiger charge is -2.30. The van der Waals surface area contributed by atoms with E-state index < -0.39 is 35.5 Å². The first-order chi connectivity index (χ1) is 15.4. The molecule has 10 heteroatoms. The van der Waals surface area contributed by atoms with Gasteiger partial charge in [-0.1, -0.05) is 36.3 Å². The summed E-state index contributed by atoms with van der Waals surface area (Å²) in [7, 11) is 0. The van der Waals surface area contributed by atoms with Gasteiger partial charge in [0, 0.05) is 18.4 Å². The number of oxime groups is 1. The van der Waals surface area contributed by atoms with E-state index in [0.29, 0.717) is 37.0 Å². The molecule has 1 amide bonds. The van der Waals surface area contributed by atoms with Crippen molar-refractivity contribution in [3.63, 3.8) is 0 Å². The highest BCUT2D eigenvalue weighted by atomic mass is 19.4. The number of hydrogen-bond donors (Lipinski definition) is 1. The first kappa shape index (κ1) is 23.1. The molecule has 0 bridgehead atoms. The zero-order valence-corrected chi connectivity index (χ0v) is 17.5. The molecule has 0 fully saturated rings. The summed E-state index contributed by atoms with van der Waals surface area (Å²) in [6.45, 7) is 1.74. The number of carbonyl (C=O) groups is 1. The van der Waals surface area contributed by atoms with Crippen LogP contribution in [-0.4, -0.2) is 17.8 Å². The van der Waals surface area contributed by atoms with Gasteiger partial charge >= 0.3 is 12.4 Å². The van der Waals surface area contributed by atoms with Gasteiger partial charge in [0.05, 0.1) is 17.3 Å². The molecule has 4 rings (SSSR count). The lowest BCUT2D eigenvalue weighted by atomic mass is 9.85. The first-order valence-corrected chi connectivity index (χ1v) is 10.4. The molecule has 0 radical (unpaired) electrons. The lowest BCUT2D eigenvalue weighted by molar-refractivity contribution is -0.276. The van der Waals surface area contributed by atoms with Crippen LogP contribution in [-0.2, 0) is 27.8 Å². The second-order valence-corrected chi connectivity index (χ2v) is 8.14. The van der Waals surface area contributed by atoms with E-state index in [4.69, 9.17) is 4.84 Å². The monoisotopic (exact) mass is 470 g/mol. The molecule has 2 atom stereocenters. The molecule has 2 aromatic rings. The highest BCUT2D eigenvalue weighted by Gasteiger charge is 2.62. The van der Waals surface area contributed by atoms with Gasteiger partial charge in [0.25, 0.3) is 5.60 Å². The predicted octanol–water partition coefficient (Wildman–Crippen LogP) is 5.80. The van der Waals surface area contributed by atoms with Crippen LogP contribution in [0.5, 0.6) is 0 Å². The second-order valence-electron chi connectivity index (χ2n) is 8.14. The molecule has 1 aliphatic carbocycles. The Morgan fingerprint density at radius 2 is 1.91 bits per heavy atom. The molecule has 4 nitrogen and oxygen atoms in total. The van der Waals surface area contributed by atoms with Crippen molar-refractivity contribution in [3.8, 4) is 0 Å². The summed E-state index contributed by atoms with van der Waals surface area (Å²) in [4.78, 5) is 16.6. The molecule has 2 aliphatic rings. The Balaban J connectivity index is 1.64.